The lowest BCUT2D eigenvalue weighted by Gasteiger charge is -2.15. The van der Waals surface area contributed by atoms with Crippen LogP contribution in [0, 0.1) is 0 Å². The second-order valence-electron chi connectivity index (χ2n) is 26.2. The van der Waals surface area contributed by atoms with Crippen molar-refractivity contribution >= 4 is 152 Å². The molecule has 0 aliphatic carbocycles. The van der Waals surface area contributed by atoms with E-state index in [2.05, 4.69) is 105 Å². The summed E-state index contributed by atoms with van der Waals surface area (Å²) in [6.07, 6.45) is 8.13. The Morgan fingerprint density at radius 1 is 0.462 bits per heavy atom. The molecule has 0 aliphatic heterocycles. The molecule has 0 radical (unpaired) electrons. The lowest BCUT2D eigenvalue weighted by Crippen LogP contribution is -2.37. The predicted octanol–water partition coefficient (Wildman–Crippen LogP) is 9.82. The van der Waals surface area contributed by atoms with Gasteiger partial charge in [0.15, 0.2) is 62.1 Å². The molecule has 0 saturated heterocycles. The predicted molar refractivity (Wildman–Crippen MR) is 462 cm³/mol. The van der Waals surface area contributed by atoms with Crippen molar-refractivity contribution in [2.75, 3.05) is 20.8 Å². The third-order valence-electron chi connectivity index (χ3n) is 17.4. The van der Waals surface area contributed by atoms with Crippen LogP contribution in [0.15, 0.2) is 195 Å². The van der Waals surface area contributed by atoms with Gasteiger partial charge in [-0.15, -0.1) is 0 Å². The zero-order valence-electron chi connectivity index (χ0n) is 63.2. The van der Waals surface area contributed by atoms with Crippen molar-refractivity contribution in [3.8, 4) is 57.3 Å². The van der Waals surface area contributed by atoms with Gasteiger partial charge in [0.05, 0.1) is 6.20 Å². The summed E-state index contributed by atoms with van der Waals surface area (Å²) in [5.74, 6) is 1.41. The molecule has 0 aliphatic rings. The van der Waals surface area contributed by atoms with Gasteiger partial charge in [0.25, 0.3) is 22.2 Å². The van der Waals surface area contributed by atoms with Crippen molar-refractivity contribution in [3.63, 3.8) is 0 Å². The molecule has 4 unspecified atom stereocenters. The molecule has 0 amide bonds. The fourth-order valence-corrected chi connectivity index (χ4v) is 14.7. The van der Waals surface area contributed by atoms with Gasteiger partial charge in [-0.2, -0.15) is 20.4 Å². The van der Waals surface area contributed by atoms with E-state index in [1.807, 2.05) is 13.1 Å². The van der Waals surface area contributed by atoms with Crippen LogP contribution in [0.3, 0.4) is 0 Å². The third-order valence-corrected chi connectivity index (χ3v) is 22.7. The number of aromatic amines is 3. The number of halogens is 5. The molecule has 0 saturated carbocycles. The smallest absolute Gasteiger partial charge is 0.339 e. The topological polar surface area (TPSA) is 397 Å². The van der Waals surface area contributed by atoms with E-state index in [0.717, 1.165) is 19.3 Å². The molecule has 117 heavy (non-hydrogen) atoms. The van der Waals surface area contributed by atoms with Crippen molar-refractivity contribution < 1.29 is 22.8 Å². The average Bonchev–Trinajstić information content (AvgIpc) is 1.60. The number of benzene rings is 4. The number of aryl methyl sites for hydroxylation is 4. The van der Waals surface area contributed by atoms with Crippen LogP contribution in [-0.4, -0.2) is 144 Å². The zero-order valence-corrected chi connectivity index (χ0v) is 73.1. The summed E-state index contributed by atoms with van der Waals surface area (Å²) in [6, 6.07) is 36.2. The SMILES string of the molecule is COPn1c(=O)c2c(nc(-c3ccnn3C)n2-c2ccc(Cl)cc2)n(COP)c1=O.COPn1c(=O)c2c(ncn2-c2ccc(Cl)cc2)n(COP)c1=O.Cn1nccc1-c1nc2[nH]c(=O)[nH]c(=O)c2n1-c1ccc(Cl)cc1.Cn1nccc1-c1nc2c(c(=O)[nH]c(=O)n2COCC[Si](C)(C)C)n1-c1ccc(Cl)cc1.Cn1nccc1Br. The van der Waals surface area contributed by atoms with Crippen molar-refractivity contribution in [1.82, 2.24) is 115 Å². The summed E-state index contributed by atoms with van der Waals surface area (Å²) in [5.41, 5.74) is 2.25. The van der Waals surface area contributed by atoms with Gasteiger partial charge in [0.1, 0.15) is 66.1 Å². The van der Waals surface area contributed by atoms with E-state index < -0.39 is 71.0 Å². The molecule has 47 heteroatoms. The van der Waals surface area contributed by atoms with Gasteiger partial charge in [-0.25, -0.2) is 47.8 Å². The quantitative estimate of drug-likeness (QED) is 0.0363. The van der Waals surface area contributed by atoms with Gasteiger partial charge < -0.3 is 22.8 Å². The van der Waals surface area contributed by atoms with Gasteiger partial charge in [0.2, 0.25) is 0 Å². The van der Waals surface area contributed by atoms with Gasteiger partial charge in [0, 0.05) is 137 Å². The first-order chi connectivity index (χ1) is 56.1. The lowest BCUT2D eigenvalue weighted by atomic mass is 10.3. The van der Waals surface area contributed by atoms with Crippen LogP contribution in [0.5, 0.6) is 0 Å². The fraction of sp³-hybridized carbons (Fsp3) is 0.200. The standard InChI is InChI=1S/C21H25ClN6O3Si.C17H17ClN6O4P2.C15H11ClN6O2.C13H13ClN4O4P2.C4H5BrN2/c1-26-16(9-10-23-26)18-24-19-17(28(18)15-7-5-14(22)6-8-15)20(29)25-21(30)27(19)13-31-11-12-32(2,3)4;1-21-12(7-8-19-21)14-20-15-13(23(14)11-5-3-10(18)4-6-11)16(25)24(30-27-2)17(26)22(15)9-28-29;1-21-10(6-7-17-21)13-18-12-11(14(23)20-15(24)19-12)22(13)9-4-2-8(16)3-5-9;1-21-24-18-12(19)10-11(17(7-22-23)13(18)20)15-6-16(10)9-4-2-8(14)3-5-9;1-7-4(5)2-3-6-7/h5-10H,11-13H2,1-4H3,(H,25,29,30);3-8,30H,9,29H2,1-2H3;2-7H,1H3,(H2,19,20,23,24);2-6,24H,7,23H2,1H3;2-3H,1H3. The minimum absolute atomic E-state index is 0.000941. The van der Waals surface area contributed by atoms with Crippen molar-refractivity contribution in [1.29, 1.82) is 0 Å². The van der Waals surface area contributed by atoms with E-state index in [0.29, 0.717) is 84.0 Å². The highest BCUT2D eigenvalue weighted by molar-refractivity contribution is 9.10. The van der Waals surface area contributed by atoms with Crippen LogP contribution in [0.25, 0.3) is 102 Å². The van der Waals surface area contributed by atoms with E-state index in [4.69, 9.17) is 74.2 Å². The first-order valence-electron chi connectivity index (χ1n) is 34.5. The Hall–Kier alpha value is -10.3. The largest absolute Gasteiger partial charge is 0.361 e. The zero-order chi connectivity index (χ0) is 83.8. The number of nitrogens with zero attached hydrogens (tertiary/aromatic N) is 21. The van der Waals surface area contributed by atoms with E-state index in [1.54, 1.807) is 198 Å². The minimum atomic E-state index is -1.28. The van der Waals surface area contributed by atoms with Gasteiger partial charge in [-0.05, 0) is 143 Å². The number of fused-ring (bicyclic) bond motifs is 4. The Labute approximate surface area is 697 Å². The number of hydrogen-bond acceptors (Lipinski definition) is 21. The van der Waals surface area contributed by atoms with Crippen LogP contribution < -0.4 is 45.0 Å². The maximum absolute atomic E-state index is 13.3. The molecule has 4 aromatic carbocycles. The number of rotatable bonds is 20. The summed E-state index contributed by atoms with van der Waals surface area (Å²) < 4.78 is 46.3. The van der Waals surface area contributed by atoms with Gasteiger partial charge in [-0.1, -0.05) is 66.0 Å². The fourth-order valence-electron chi connectivity index (χ4n) is 11.8. The number of hydrogen-bond donors (Lipinski definition) is 3. The number of H-pyrrole nitrogens is 3. The number of nitrogens with one attached hydrogen (secondary N) is 3. The summed E-state index contributed by atoms with van der Waals surface area (Å²) >= 11 is 27.3. The summed E-state index contributed by atoms with van der Waals surface area (Å²) in [5, 5.41) is 18.7. The molecule has 12 aromatic heterocycles. The Balaban J connectivity index is 0.000000140. The molecule has 3 N–H and O–H groups in total. The first kappa shape index (κ1) is 86.0. The highest BCUT2D eigenvalue weighted by Crippen LogP contribution is 2.32. The van der Waals surface area contributed by atoms with Crippen LogP contribution >= 0.6 is 99.2 Å². The first-order valence-corrected chi connectivity index (χ1v) is 43.2. The number of imidazole rings is 4. The van der Waals surface area contributed by atoms with Crippen molar-refractivity contribution in [2.24, 2.45) is 28.2 Å². The van der Waals surface area contributed by atoms with E-state index in [1.165, 1.54) is 34.2 Å². The lowest BCUT2D eigenvalue weighted by molar-refractivity contribution is 0.0865. The highest BCUT2D eigenvalue weighted by atomic mass is 79.9. The molecule has 0 fully saturated rings. The molecular weight excluding hydrogens is 1760 g/mol. The summed E-state index contributed by atoms with van der Waals surface area (Å²) in [7, 11) is 12.0. The second kappa shape index (κ2) is 37.5. The molecule has 0 spiro atoms. The Bertz CT molecular complexity index is 6800. The van der Waals surface area contributed by atoms with E-state index in [9.17, 15) is 38.4 Å². The Kier molecular flexibility index (Phi) is 27.6. The van der Waals surface area contributed by atoms with Crippen LogP contribution in [0.2, 0.25) is 45.8 Å². The maximum Gasteiger partial charge on any atom is 0.339 e. The Morgan fingerprint density at radius 2 is 0.863 bits per heavy atom. The number of ether oxygens (including phenoxy) is 1. The van der Waals surface area contributed by atoms with Gasteiger partial charge in [-0.3, -0.25) is 84.8 Å². The number of aromatic nitrogens is 24. The van der Waals surface area contributed by atoms with Gasteiger partial charge >= 0.3 is 22.8 Å². The minimum Gasteiger partial charge on any atom is -0.361 e. The monoisotopic (exact) mass is 1830 g/mol. The highest BCUT2D eigenvalue weighted by Gasteiger charge is 2.28. The van der Waals surface area contributed by atoms with E-state index in [-0.39, 0.29) is 64.8 Å². The molecule has 4 atom stereocenters. The van der Waals surface area contributed by atoms with Crippen molar-refractivity contribution in [2.45, 2.75) is 45.9 Å². The average molecular weight is 1830 g/mol. The Morgan fingerprint density at radius 3 is 1.27 bits per heavy atom. The molecular formula is C70H71BrCl4N24O13P4Si. The second-order valence-corrected chi connectivity index (χ2v) is 37.1. The molecule has 12 heterocycles. The van der Waals surface area contributed by atoms with E-state index >= 15 is 0 Å². The normalized spacial score (nSPS) is 11.6. The maximum atomic E-state index is 13.3. The summed E-state index contributed by atoms with van der Waals surface area (Å²) in [6.45, 7) is 7.13. The van der Waals surface area contributed by atoms with Crippen molar-refractivity contribution in [3.05, 3.63) is 260 Å². The molecule has 608 valence electrons. The molecule has 0 bridgehead atoms. The molecule has 16 rings (SSSR count). The molecule has 37 nitrogen and oxygen atoms in total. The van der Waals surface area contributed by atoms with Crippen LogP contribution in [0.1, 0.15) is 0 Å². The van der Waals surface area contributed by atoms with Crippen LogP contribution in [-0.2, 0) is 71.2 Å². The molecule has 16 aromatic rings. The van der Waals surface area contributed by atoms with Crippen LogP contribution in [0.4, 0.5) is 0 Å². The summed E-state index contributed by atoms with van der Waals surface area (Å²) in [4.78, 5) is 126. The third kappa shape index (κ3) is 18.7.